The summed E-state index contributed by atoms with van der Waals surface area (Å²) >= 11 is 1.25. The smallest absolute Gasteiger partial charge is 0.400 e. The number of fused-ring (bicyclic) bond motifs is 1. The minimum atomic E-state index is -0.678. The third-order valence-electron chi connectivity index (χ3n) is 4.54. The molecule has 0 bridgehead atoms. The summed E-state index contributed by atoms with van der Waals surface area (Å²) in [4.78, 5) is 37.9. The summed E-state index contributed by atoms with van der Waals surface area (Å²) < 4.78 is 5.93. The number of nitro benzene ring substituents is 1. The van der Waals surface area contributed by atoms with Gasteiger partial charge in [0.2, 0.25) is 5.13 Å². The molecule has 0 spiro atoms. The first-order chi connectivity index (χ1) is 16.3. The Morgan fingerprint density at radius 3 is 2.53 bits per heavy atom. The Kier molecular flexibility index (Phi) is 6.23. The quantitative estimate of drug-likeness (QED) is 0.156. The monoisotopic (exact) mass is 477 g/mol. The minimum absolute atomic E-state index is 0.0630. The van der Waals surface area contributed by atoms with Crippen LogP contribution in [0, 0.1) is 27.2 Å². The number of non-ortho nitro benzene ring substituents is 1. The van der Waals surface area contributed by atoms with Gasteiger partial charge in [-0.25, -0.2) is 4.98 Å². The van der Waals surface area contributed by atoms with Crippen molar-refractivity contribution in [3.8, 4) is 0 Å². The Morgan fingerprint density at radius 2 is 1.85 bits per heavy atom. The normalized spacial score (nSPS) is 11.4. The van der Waals surface area contributed by atoms with Crippen molar-refractivity contribution in [1.82, 2.24) is 4.98 Å². The lowest BCUT2D eigenvalue weighted by molar-refractivity contribution is -0.402. The number of hydrazone groups is 1. The van der Waals surface area contributed by atoms with Gasteiger partial charge in [0, 0.05) is 18.2 Å². The molecule has 0 N–H and O–H groups in total. The lowest BCUT2D eigenvalue weighted by Crippen LogP contribution is -2.23. The zero-order valence-electron chi connectivity index (χ0n) is 17.5. The molecule has 0 fully saturated rings. The van der Waals surface area contributed by atoms with Crippen molar-refractivity contribution >= 4 is 56.5 Å². The molecule has 12 heteroatoms. The highest BCUT2D eigenvalue weighted by Gasteiger charge is 2.18. The van der Waals surface area contributed by atoms with Gasteiger partial charge in [-0.3, -0.25) is 25.0 Å². The summed E-state index contributed by atoms with van der Waals surface area (Å²) in [6.07, 6.45) is 3.92. The number of aryl methyl sites for hydroxylation is 1. The van der Waals surface area contributed by atoms with Crippen molar-refractivity contribution in [2.24, 2.45) is 5.10 Å². The van der Waals surface area contributed by atoms with Crippen LogP contribution in [0.5, 0.6) is 0 Å². The fourth-order valence-electron chi connectivity index (χ4n) is 2.88. The molecule has 0 saturated heterocycles. The number of carbonyl (C=O) groups is 1. The minimum Gasteiger partial charge on any atom is -0.400 e. The van der Waals surface area contributed by atoms with Crippen molar-refractivity contribution in [2.75, 3.05) is 5.01 Å². The zero-order chi connectivity index (χ0) is 24.2. The van der Waals surface area contributed by atoms with E-state index < -0.39 is 21.6 Å². The molecule has 0 unspecified atom stereocenters. The Hall–Kier alpha value is -4.71. The van der Waals surface area contributed by atoms with Gasteiger partial charge < -0.3 is 4.42 Å². The van der Waals surface area contributed by atoms with Crippen molar-refractivity contribution in [1.29, 1.82) is 0 Å². The standard InChI is InChI=1S/C22H15N5O6S/c1-14-2-9-18-19(12-14)34-22(24-18)25(23-13-17-8-11-21(33-17)27(31)32)20(28)10-5-15-3-6-16(7-4-15)26(29)30/h2-13H,1H3/b10-5+,23-13+. The van der Waals surface area contributed by atoms with Gasteiger partial charge in [-0.2, -0.15) is 10.1 Å². The van der Waals surface area contributed by atoms with Crippen molar-refractivity contribution < 1.29 is 19.1 Å². The number of rotatable bonds is 7. The fourth-order valence-corrected chi connectivity index (χ4v) is 3.91. The second-order valence-electron chi connectivity index (χ2n) is 6.98. The molecule has 0 aliphatic heterocycles. The molecule has 34 heavy (non-hydrogen) atoms. The van der Waals surface area contributed by atoms with E-state index in [1.807, 2.05) is 25.1 Å². The number of thiazole rings is 1. The Labute approximate surface area is 195 Å². The van der Waals surface area contributed by atoms with Crippen molar-refractivity contribution in [2.45, 2.75) is 6.92 Å². The summed E-state index contributed by atoms with van der Waals surface area (Å²) in [6.45, 7) is 1.94. The van der Waals surface area contributed by atoms with Crippen LogP contribution in [0.1, 0.15) is 16.9 Å². The van der Waals surface area contributed by atoms with Gasteiger partial charge in [-0.05, 0) is 54.5 Å². The third kappa shape index (κ3) is 5.02. The van der Waals surface area contributed by atoms with Gasteiger partial charge in [-0.1, -0.05) is 17.4 Å². The number of benzene rings is 2. The second kappa shape index (κ2) is 9.42. The lowest BCUT2D eigenvalue weighted by Gasteiger charge is -2.10. The molecule has 0 radical (unpaired) electrons. The molecule has 0 atom stereocenters. The predicted octanol–water partition coefficient (Wildman–Crippen LogP) is 5.09. The average Bonchev–Trinajstić information content (AvgIpc) is 3.45. The van der Waals surface area contributed by atoms with Gasteiger partial charge in [0.1, 0.15) is 4.92 Å². The van der Waals surface area contributed by atoms with Crippen LogP contribution < -0.4 is 5.01 Å². The Morgan fingerprint density at radius 1 is 1.09 bits per heavy atom. The van der Waals surface area contributed by atoms with Crippen LogP contribution in [-0.2, 0) is 4.79 Å². The molecule has 2 heterocycles. The van der Waals surface area contributed by atoms with E-state index in [9.17, 15) is 25.0 Å². The van der Waals surface area contributed by atoms with Crippen molar-refractivity contribution in [3.05, 3.63) is 97.8 Å². The molecular formula is C22H15N5O6S. The third-order valence-corrected chi connectivity index (χ3v) is 5.53. The second-order valence-corrected chi connectivity index (χ2v) is 7.99. The largest absolute Gasteiger partial charge is 0.433 e. The van der Waals surface area contributed by atoms with E-state index in [0.717, 1.165) is 15.3 Å². The number of hydrogen-bond acceptors (Lipinski definition) is 9. The van der Waals surface area contributed by atoms with Crippen LogP contribution in [0.4, 0.5) is 16.7 Å². The van der Waals surface area contributed by atoms with E-state index in [0.29, 0.717) is 11.1 Å². The van der Waals surface area contributed by atoms with E-state index in [1.165, 1.54) is 66.1 Å². The fraction of sp³-hybridized carbons (Fsp3) is 0.0455. The summed E-state index contributed by atoms with van der Waals surface area (Å²) in [7, 11) is 0. The maximum Gasteiger partial charge on any atom is 0.433 e. The summed E-state index contributed by atoms with van der Waals surface area (Å²) in [5, 5.41) is 27.1. The summed E-state index contributed by atoms with van der Waals surface area (Å²) in [5.74, 6) is -0.917. The highest BCUT2D eigenvalue weighted by atomic mass is 32.1. The van der Waals surface area contributed by atoms with E-state index >= 15 is 0 Å². The predicted molar refractivity (Wildman–Crippen MR) is 127 cm³/mol. The molecule has 2 aromatic carbocycles. The van der Waals surface area contributed by atoms with E-state index in [4.69, 9.17) is 4.42 Å². The molecule has 4 rings (SSSR count). The number of amides is 1. The first kappa shape index (κ1) is 22.5. The topological polar surface area (TPSA) is 145 Å². The zero-order valence-corrected chi connectivity index (χ0v) is 18.3. The number of hydrogen-bond donors (Lipinski definition) is 0. The lowest BCUT2D eigenvalue weighted by atomic mass is 10.2. The Balaban J connectivity index is 1.65. The van der Waals surface area contributed by atoms with Crippen molar-refractivity contribution in [3.63, 3.8) is 0 Å². The van der Waals surface area contributed by atoms with Crippen LogP contribution in [0.15, 0.2) is 70.2 Å². The van der Waals surface area contributed by atoms with Gasteiger partial charge in [-0.15, -0.1) is 0 Å². The molecule has 11 nitrogen and oxygen atoms in total. The van der Waals surface area contributed by atoms with E-state index in [-0.39, 0.29) is 16.6 Å². The number of carbonyl (C=O) groups excluding carboxylic acids is 1. The SMILES string of the molecule is Cc1ccc2nc(N(/N=C/c3ccc([N+](=O)[O-])o3)C(=O)/C=C/c3ccc([N+](=O)[O-])cc3)sc2c1. The number of anilines is 1. The number of nitrogens with zero attached hydrogens (tertiary/aromatic N) is 5. The molecule has 0 aliphatic rings. The summed E-state index contributed by atoms with van der Waals surface area (Å²) in [6, 6.07) is 13.9. The van der Waals surface area contributed by atoms with Gasteiger partial charge in [0.25, 0.3) is 11.6 Å². The molecular weight excluding hydrogens is 462 g/mol. The van der Waals surface area contributed by atoms with Crippen LogP contribution >= 0.6 is 11.3 Å². The molecule has 4 aromatic rings. The first-order valence-corrected chi connectivity index (χ1v) is 10.5. The molecule has 0 aliphatic carbocycles. The number of furan rings is 1. The van der Waals surface area contributed by atoms with Gasteiger partial charge in [0.05, 0.1) is 27.4 Å². The molecule has 2 aromatic heterocycles. The Bertz CT molecular complexity index is 1450. The van der Waals surface area contributed by atoms with Crippen LogP contribution in [-0.4, -0.2) is 27.0 Å². The maximum atomic E-state index is 13.0. The average molecular weight is 477 g/mol. The van der Waals surface area contributed by atoms with E-state index in [2.05, 4.69) is 10.1 Å². The summed E-state index contributed by atoms with van der Waals surface area (Å²) in [5.41, 5.74) is 2.23. The van der Waals surface area contributed by atoms with E-state index in [1.54, 1.807) is 0 Å². The van der Waals surface area contributed by atoms with Crippen LogP contribution in [0.2, 0.25) is 0 Å². The number of nitro groups is 2. The van der Waals surface area contributed by atoms with Gasteiger partial charge >= 0.3 is 5.88 Å². The van der Waals surface area contributed by atoms with Gasteiger partial charge in [0.15, 0.2) is 5.76 Å². The van der Waals surface area contributed by atoms with Crippen LogP contribution in [0.3, 0.4) is 0 Å². The highest BCUT2D eigenvalue weighted by molar-refractivity contribution is 7.22. The first-order valence-electron chi connectivity index (χ1n) is 9.72. The maximum absolute atomic E-state index is 13.0. The highest BCUT2D eigenvalue weighted by Crippen LogP contribution is 2.30. The molecule has 170 valence electrons. The number of aromatic nitrogens is 1. The van der Waals surface area contributed by atoms with Crippen LogP contribution in [0.25, 0.3) is 16.3 Å². The molecule has 1 amide bonds. The molecule has 0 saturated carbocycles.